The third kappa shape index (κ3) is 3.00. The van der Waals surface area contributed by atoms with E-state index in [2.05, 4.69) is 22.3 Å². The normalized spacial score (nSPS) is 17.0. The van der Waals surface area contributed by atoms with Crippen molar-refractivity contribution in [3.05, 3.63) is 16.1 Å². The van der Waals surface area contributed by atoms with E-state index in [9.17, 15) is 0 Å². The largest absolute Gasteiger partial charge is 0.325 e. The molecule has 1 saturated carbocycles. The van der Waals surface area contributed by atoms with Gasteiger partial charge in [0.25, 0.3) is 0 Å². The molecule has 1 aromatic heterocycles. The zero-order valence-corrected chi connectivity index (χ0v) is 10.1. The van der Waals surface area contributed by atoms with Crippen LogP contribution in [0.25, 0.3) is 0 Å². The first-order valence-corrected chi connectivity index (χ1v) is 6.48. The fourth-order valence-corrected chi connectivity index (χ4v) is 2.64. The summed E-state index contributed by atoms with van der Waals surface area (Å²) in [5.41, 5.74) is 6.71. The third-order valence-corrected chi connectivity index (χ3v) is 3.92. The fourth-order valence-electron chi connectivity index (χ4n) is 1.97. The number of nitrogens with zero attached hydrogens (tertiary/aromatic N) is 2. The summed E-state index contributed by atoms with van der Waals surface area (Å²) < 4.78 is 0. The highest BCUT2D eigenvalue weighted by molar-refractivity contribution is 7.09. The Bertz CT molecular complexity index is 307. The lowest BCUT2D eigenvalue weighted by molar-refractivity contribution is 0.199. The molecule has 0 amide bonds. The van der Waals surface area contributed by atoms with Crippen molar-refractivity contribution in [2.75, 3.05) is 13.6 Å². The number of nitrogens with two attached hydrogens (primary N) is 1. The van der Waals surface area contributed by atoms with Gasteiger partial charge in [-0.1, -0.05) is 6.42 Å². The summed E-state index contributed by atoms with van der Waals surface area (Å²) in [5.74, 6) is 0.933. The standard InChI is InChI=1S/C11H19N3S/c1-14(6-9-3-2-4-9)7-10-8-15-11(5-12)13-10/h8-9H,2-7,12H2,1H3. The topological polar surface area (TPSA) is 42.1 Å². The molecule has 3 nitrogen and oxygen atoms in total. The van der Waals surface area contributed by atoms with Gasteiger partial charge < -0.3 is 10.6 Å². The molecule has 0 aromatic carbocycles. The Morgan fingerprint density at radius 1 is 1.60 bits per heavy atom. The zero-order valence-electron chi connectivity index (χ0n) is 9.28. The Hall–Kier alpha value is -0.450. The van der Waals surface area contributed by atoms with Crippen molar-refractivity contribution in [1.29, 1.82) is 0 Å². The average molecular weight is 225 g/mol. The SMILES string of the molecule is CN(Cc1csc(CN)n1)CC1CCC1. The molecule has 0 bridgehead atoms. The lowest BCUT2D eigenvalue weighted by Gasteiger charge is -2.29. The molecule has 84 valence electrons. The highest BCUT2D eigenvalue weighted by atomic mass is 32.1. The van der Waals surface area contributed by atoms with Crippen LogP contribution in [0.4, 0.5) is 0 Å². The van der Waals surface area contributed by atoms with Crippen LogP contribution in [0.3, 0.4) is 0 Å². The van der Waals surface area contributed by atoms with Crippen LogP contribution in [-0.4, -0.2) is 23.5 Å². The molecule has 15 heavy (non-hydrogen) atoms. The van der Waals surface area contributed by atoms with E-state index < -0.39 is 0 Å². The maximum Gasteiger partial charge on any atom is 0.106 e. The maximum absolute atomic E-state index is 5.54. The molecule has 1 aliphatic carbocycles. The van der Waals surface area contributed by atoms with Gasteiger partial charge in [0.1, 0.15) is 5.01 Å². The van der Waals surface area contributed by atoms with E-state index in [1.165, 1.54) is 31.5 Å². The summed E-state index contributed by atoms with van der Waals surface area (Å²) in [6.45, 7) is 2.75. The van der Waals surface area contributed by atoms with E-state index in [0.29, 0.717) is 6.54 Å². The minimum atomic E-state index is 0.566. The first-order valence-electron chi connectivity index (χ1n) is 5.60. The van der Waals surface area contributed by atoms with Gasteiger partial charge in [-0.2, -0.15) is 0 Å². The first-order chi connectivity index (χ1) is 7.28. The average Bonchev–Trinajstić information content (AvgIpc) is 2.59. The summed E-state index contributed by atoms with van der Waals surface area (Å²) in [6, 6.07) is 0. The van der Waals surface area contributed by atoms with Crippen LogP contribution >= 0.6 is 11.3 Å². The molecule has 1 heterocycles. The summed E-state index contributed by atoms with van der Waals surface area (Å²) in [6.07, 6.45) is 4.25. The molecule has 1 fully saturated rings. The lowest BCUT2D eigenvalue weighted by Crippen LogP contribution is -2.29. The van der Waals surface area contributed by atoms with Crippen LogP contribution in [0.15, 0.2) is 5.38 Å². The van der Waals surface area contributed by atoms with Crippen molar-refractivity contribution >= 4 is 11.3 Å². The monoisotopic (exact) mass is 225 g/mol. The molecular formula is C11H19N3S. The minimum absolute atomic E-state index is 0.566. The van der Waals surface area contributed by atoms with Gasteiger partial charge in [0.05, 0.1) is 5.69 Å². The Morgan fingerprint density at radius 3 is 2.93 bits per heavy atom. The molecular weight excluding hydrogens is 206 g/mol. The number of hydrogen-bond acceptors (Lipinski definition) is 4. The van der Waals surface area contributed by atoms with E-state index in [0.717, 1.165) is 17.5 Å². The van der Waals surface area contributed by atoms with Gasteiger partial charge >= 0.3 is 0 Å². The van der Waals surface area contributed by atoms with E-state index in [1.54, 1.807) is 11.3 Å². The highest BCUT2D eigenvalue weighted by Gasteiger charge is 2.19. The second-order valence-electron chi connectivity index (χ2n) is 4.43. The Kier molecular flexibility index (Phi) is 3.72. The van der Waals surface area contributed by atoms with Gasteiger partial charge in [-0.25, -0.2) is 4.98 Å². The van der Waals surface area contributed by atoms with Crippen molar-refractivity contribution in [2.45, 2.75) is 32.4 Å². The molecule has 0 aliphatic heterocycles. The highest BCUT2D eigenvalue weighted by Crippen LogP contribution is 2.27. The predicted molar refractivity (Wildman–Crippen MR) is 63.7 cm³/mol. The fraction of sp³-hybridized carbons (Fsp3) is 0.727. The number of rotatable bonds is 5. The van der Waals surface area contributed by atoms with E-state index in [1.807, 2.05) is 0 Å². The van der Waals surface area contributed by atoms with Gasteiger partial charge in [0.15, 0.2) is 0 Å². The number of aromatic nitrogens is 1. The van der Waals surface area contributed by atoms with E-state index in [-0.39, 0.29) is 0 Å². The van der Waals surface area contributed by atoms with Gasteiger partial charge in [-0.15, -0.1) is 11.3 Å². The zero-order chi connectivity index (χ0) is 10.7. The van der Waals surface area contributed by atoms with Crippen LogP contribution in [0.2, 0.25) is 0 Å². The third-order valence-electron chi connectivity index (χ3n) is 3.00. The molecule has 0 spiro atoms. The van der Waals surface area contributed by atoms with Crippen LogP contribution in [0.1, 0.15) is 30.0 Å². The van der Waals surface area contributed by atoms with Gasteiger partial charge in [-0.3, -0.25) is 0 Å². The van der Waals surface area contributed by atoms with Crippen molar-refractivity contribution in [2.24, 2.45) is 11.7 Å². The smallest absolute Gasteiger partial charge is 0.106 e. The molecule has 2 N–H and O–H groups in total. The molecule has 0 unspecified atom stereocenters. The first kappa shape index (κ1) is 11.0. The summed E-state index contributed by atoms with van der Waals surface area (Å²) in [7, 11) is 2.18. The molecule has 4 heteroatoms. The van der Waals surface area contributed by atoms with Crippen LogP contribution in [-0.2, 0) is 13.1 Å². The van der Waals surface area contributed by atoms with E-state index in [4.69, 9.17) is 5.73 Å². The van der Waals surface area contributed by atoms with Crippen LogP contribution in [0, 0.1) is 5.92 Å². The minimum Gasteiger partial charge on any atom is -0.325 e. The van der Waals surface area contributed by atoms with Crippen molar-refractivity contribution in [3.63, 3.8) is 0 Å². The van der Waals surface area contributed by atoms with Crippen LogP contribution in [0.5, 0.6) is 0 Å². The van der Waals surface area contributed by atoms with Crippen molar-refractivity contribution < 1.29 is 0 Å². The summed E-state index contributed by atoms with van der Waals surface area (Å²) >= 11 is 1.67. The summed E-state index contributed by atoms with van der Waals surface area (Å²) in [4.78, 5) is 6.85. The van der Waals surface area contributed by atoms with Gasteiger partial charge in [0.2, 0.25) is 0 Å². The van der Waals surface area contributed by atoms with E-state index >= 15 is 0 Å². The second kappa shape index (κ2) is 5.05. The lowest BCUT2D eigenvalue weighted by atomic mass is 9.85. The summed E-state index contributed by atoms with van der Waals surface area (Å²) in [5, 5.41) is 3.17. The molecule has 2 rings (SSSR count). The van der Waals surface area contributed by atoms with Crippen LogP contribution < -0.4 is 5.73 Å². The quantitative estimate of drug-likeness (QED) is 0.831. The molecule has 0 saturated heterocycles. The molecule has 0 radical (unpaired) electrons. The maximum atomic E-state index is 5.54. The second-order valence-corrected chi connectivity index (χ2v) is 5.37. The van der Waals surface area contributed by atoms with Gasteiger partial charge in [-0.05, 0) is 25.8 Å². The number of hydrogen-bond donors (Lipinski definition) is 1. The van der Waals surface area contributed by atoms with Gasteiger partial charge in [0, 0.05) is 25.0 Å². The Morgan fingerprint density at radius 2 is 2.40 bits per heavy atom. The Labute approximate surface area is 95.3 Å². The van der Waals surface area contributed by atoms with Crippen molar-refractivity contribution in [3.8, 4) is 0 Å². The number of thiazole rings is 1. The molecule has 1 aromatic rings. The molecule has 0 atom stereocenters. The Balaban J connectivity index is 1.79. The molecule has 1 aliphatic rings. The predicted octanol–water partition coefficient (Wildman–Crippen LogP) is 1.83. The van der Waals surface area contributed by atoms with Crippen molar-refractivity contribution in [1.82, 2.24) is 9.88 Å².